The molecule has 3 heteroatoms. The van der Waals surface area contributed by atoms with Gasteiger partial charge in [-0.15, -0.1) is 0 Å². The molecule has 0 saturated heterocycles. The van der Waals surface area contributed by atoms with Gasteiger partial charge in [0.05, 0.1) is 7.11 Å². The summed E-state index contributed by atoms with van der Waals surface area (Å²) in [5.41, 5.74) is 3.73. The van der Waals surface area contributed by atoms with Gasteiger partial charge in [-0.3, -0.25) is 4.98 Å². The fourth-order valence-corrected chi connectivity index (χ4v) is 2.47. The molecular weight excluding hydrogens is 248 g/mol. The van der Waals surface area contributed by atoms with Crippen LogP contribution in [0.5, 0.6) is 5.75 Å². The number of pyridine rings is 1. The summed E-state index contributed by atoms with van der Waals surface area (Å²) in [5, 5.41) is 3.54. The van der Waals surface area contributed by atoms with Crippen LogP contribution in [-0.2, 0) is 6.42 Å². The Balaban J connectivity index is 2.28. The van der Waals surface area contributed by atoms with E-state index in [1.165, 1.54) is 16.7 Å². The molecule has 20 heavy (non-hydrogen) atoms. The van der Waals surface area contributed by atoms with Gasteiger partial charge in [0.25, 0.3) is 0 Å². The van der Waals surface area contributed by atoms with Crippen molar-refractivity contribution < 1.29 is 4.74 Å². The van der Waals surface area contributed by atoms with Crippen LogP contribution >= 0.6 is 0 Å². The number of likely N-dealkylation sites (N-methyl/N-ethyl adjacent to an activating group) is 1. The number of benzene rings is 1. The molecule has 0 saturated carbocycles. The summed E-state index contributed by atoms with van der Waals surface area (Å²) in [6.07, 6.45) is 4.69. The third kappa shape index (κ3) is 3.36. The summed E-state index contributed by atoms with van der Waals surface area (Å²) in [6, 6.07) is 10.5. The van der Waals surface area contributed by atoms with E-state index in [0.717, 1.165) is 18.7 Å². The van der Waals surface area contributed by atoms with Crippen LogP contribution in [0.25, 0.3) is 0 Å². The minimum absolute atomic E-state index is 0.255. The number of aryl methyl sites for hydroxylation is 1. The molecular formula is C17H22N2O. The summed E-state index contributed by atoms with van der Waals surface area (Å²) in [4.78, 5) is 4.26. The highest BCUT2D eigenvalue weighted by atomic mass is 16.5. The Bertz CT molecular complexity index is 554. The number of nitrogens with zero attached hydrogens (tertiary/aromatic N) is 1. The Morgan fingerprint density at radius 2 is 2.05 bits per heavy atom. The average molecular weight is 270 g/mol. The van der Waals surface area contributed by atoms with E-state index in [2.05, 4.69) is 42.3 Å². The van der Waals surface area contributed by atoms with Crippen molar-refractivity contribution in [3.8, 4) is 5.75 Å². The smallest absolute Gasteiger partial charge is 0.122 e. The van der Waals surface area contributed by atoms with Crippen LogP contribution in [0.3, 0.4) is 0 Å². The summed E-state index contributed by atoms with van der Waals surface area (Å²) in [6.45, 7) is 5.18. The first-order valence-electron chi connectivity index (χ1n) is 7.02. The lowest BCUT2D eigenvalue weighted by atomic mass is 9.96. The first kappa shape index (κ1) is 14.5. The van der Waals surface area contributed by atoms with Crippen LogP contribution in [0.2, 0.25) is 0 Å². The third-order valence-electron chi connectivity index (χ3n) is 3.52. The number of hydrogen-bond donors (Lipinski definition) is 1. The minimum Gasteiger partial charge on any atom is -0.496 e. The molecule has 1 N–H and O–H groups in total. The monoisotopic (exact) mass is 270 g/mol. The maximum absolute atomic E-state index is 5.45. The standard InChI is InChI=1S/C17H22N2O/c1-4-19-16(15-12-18-10-9-13(15)2)11-14-7-5-6-8-17(14)20-3/h5-10,12,16,19H,4,11H2,1-3H3. The molecule has 1 atom stereocenters. The van der Waals surface area contributed by atoms with Crippen molar-refractivity contribution in [2.45, 2.75) is 26.3 Å². The second-order valence-electron chi connectivity index (χ2n) is 4.86. The number of hydrogen-bond acceptors (Lipinski definition) is 3. The fraction of sp³-hybridized carbons (Fsp3) is 0.353. The van der Waals surface area contributed by atoms with Gasteiger partial charge in [0.15, 0.2) is 0 Å². The number of nitrogens with one attached hydrogen (secondary N) is 1. The van der Waals surface area contributed by atoms with Gasteiger partial charge in [-0.25, -0.2) is 0 Å². The van der Waals surface area contributed by atoms with E-state index in [4.69, 9.17) is 4.74 Å². The van der Waals surface area contributed by atoms with Gasteiger partial charge >= 0.3 is 0 Å². The maximum Gasteiger partial charge on any atom is 0.122 e. The molecule has 0 aliphatic carbocycles. The average Bonchev–Trinajstić information content (AvgIpc) is 2.48. The highest BCUT2D eigenvalue weighted by molar-refractivity contribution is 5.36. The zero-order chi connectivity index (χ0) is 14.4. The summed E-state index contributed by atoms with van der Waals surface area (Å²) < 4.78 is 5.45. The second kappa shape index (κ2) is 7.06. The number of methoxy groups -OCH3 is 1. The van der Waals surface area contributed by atoms with Gasteiger partial charge in [0, 0.05) is 18.4 Å². The van der Waals surface area contributed by atoms with Crippen LogP contribution in [-0.4, -0.2) is 18.6 Å². The maximum atomic E-state index is 5.45. The topological polar surface area (TPSA) is 34.1 Å². The van der Waals surface area contributed by atoms with Crippen LogP contribution in [0.1, 0.15) is 29.7 Å². The third-order valence-corrected chi connectivity index (χ3v) is 3.52. The van der Waals surface area contributed by atoms with Crippen LogP contribution in [0.4, 0.5) is 0 Å². The van der Waals surface area contributed by atoms with E-state index in [-0.39, 0.29) is 6.04 Å². The Morgan fingerprint density at radius 3 is 2.75 bits per heavy atom. The van der Waals surface area contributed by atoms with Gasteiger partial charge in [-0.1, -0.05) is 25.1 Å². The number of rotatable bonds is 6. The van der Waals surface area contributed by atoms with Crippen molar-refractivity contribution in [1.29, 1.82) is 0 Å². The normalized spacial score (nSPS) is 12.2. The Kier molecular flexibility index (Phi) is 5.13. The molecule has 2 rings (SSSR count). The molecule has 1 aromatic heterocycles. The Morgan fingerprint density at radius 1 is 1.25 bits per heavy atom. The molecule has 0 amide bonds. The molecule has 1 heterocycles. The van der Waals surface area contributed by atoms with Crippen LogP contribution in [0, 0.1) is 6.92 Å². The second-order valence-corrected chi connectivity index (χ2v) is 4.86. The van der Waals surface area contributed by atoms with Crippen molar-refractivity contribution in [1.82, 2.24) is 10.3 Å². The van der Waals surface area contributed by atoms with Gasteiger partial charge < -0.3 is 10.1 Å². The molecule has 1 aromatic carbocycles. The van der Waals surface area contributed by atoms with Crippen LogP contribution in [0.15, 0.2) is 42.7 Å². The lowest BCUT2D eigenvalue weighted by molar-refractivity contribution is 0.405. The fourth-order valence-electron chi connectivity index (χ4n) is 2.47. The van der Waals surface area contributed by atoms with Gasteiger partial charge in [0.2, 0.25) is 0 Å². The molecule has 0 radical (unpaired) electrons. The molecule has 0 aliphatic rings. The predicted molar refractivity (Wildman–Crippen MR) is 82.1 cm³/mol. The molecule has 0 spiro atoms. The first-order valence-corrected chi connectivity index (χ1v) is 7.02. The van der Waals surface area contributed by atoms with Crippen molar-refractivity contribution >= 4 is 0 Å². The van der Waals surface area contributed by atoms with Crippen molar-refractivity contribution in [3.63, 3.8) is 0 Å². The highest BCUT2D eigenvalue weighted by Crippen LogP contribution is 2.26. The van der Waals surface area contributed by atoms with Gasteiger partial charge in [-0.2, -0.15) is 0 Å². The number of aromatic nitrogens is 1. The SMILES string of the molecule is CCNC(Cc1ccccc1OC)c1cnccc1C. The Labute approximate surface area is 121 Å². The van der Waals surface area contributed by atoms with Crippen molar-refractivity contribution in [2.24, 2.45) is 0 Å². The van der Waals surface area contributed by atoms with Crippen LogP contribution < -0.4 is 10.1 Å². The summed E-state index contributed by atoms with van der Waals surface area (Å²) in [7, 11) is 1.72. The number of para-hydroxylation sites is 1. The lowest BCUT2D eigenvalue weighted by Gasteiger charge is -2.21. The van der Waals surface area contributed by atoms with E-state index in [1.807, 2.05) is 24.5 Å². The molecule has 0 fully saturated rings. The van der Waals surface area contributed by atoms with Crippen molar-refractivity contribution in [3.05, 3.63) is 59.4 Å². The van der Waals surface area contributed by atoms with E-state index in [1.54, 1.807) is 7.11 Å². The van der Waals surface area contributed by atoms with Gasteiger partial charge in [-0.05, 0) is 48.7 Å². The van der Waals surface area contributed by atoms with E-state index in [9.17, 15) is 0 Å². The largest absolute Gasteiger partial charge is 0.496 e. The van der Waals surface area contributed by atoms with E-state index >= 15 is 0 Å². The molecule has 3 nitrogen and oxygen atoms in total. The number of ether oxygens (including phenoxy) is 1. The van der Waals surface area contributed by atoms with E-state index < -0.39 is 0 Å². The predicted octanol–water partition coefficient (Wildman–Crippen LogP) is 3.29. The highest BCUT2D eigenvalue weighted by Gasteiger charge is 2.15. The summed E-state index contributed by atoms with van der Waals surface area (Å²) in [5.74, 6) is 0.942. The molecule has 0 bridgehead atoms. The Hall–Kier alpha value is -1.87. The zero-order valence-electron chi connectivity index (χ0n) is 12.4. The van der Waals surface area contributed by atoms with E-state index in [0.29, 0.717) is 0 Å². The van der Waals surface area contributed by atoms with Crippen molar-refractivity contribution in [2.75, 3.05) is 13.7 Å². The first-order chi connectivity index (χ1) is 9.76. The zero-order valence-corrected chi connectivity index (χ0v) is 12.4. The lowest BCUT2D eigenvalue weighted by Crippen LogP contribution is -2.24. The molecule has 0 aliphatic heterocycles. The molecule has 2 aromatic rings. The quantitative estimate of drug-likeness (QED) is 0.874. The minimum atomic E-state index is 0.255. The van der Waals surface area contributed by atoms with Gasteiger partial charge in [0.1, 0.15) is 5.75 Å². The molecule has 106 valence electrons. The summed E-state index contributed by atoms with van der Waals surface area (Å²) >= 11 is 0. The molecule has 1 unspecified atom stereocenters.